The van der Waals surface area contributed by atoms with Gasteiger partial charge in [-0.3, -0.25) is 4.98 Å². The van der Waals surface area contributed by atoms with Gasteiger partial charge < -0.3 is 0 Å². The smallest absolute Gasteiger partial charge is 0.164 e. The molecule has 0 saturated heterocycles. The van der Waals surface area contributed by atoms with Crippen LogP contribution in [0.3, 0.4) is 0 Å². The molecular formula is C38H27N4P. The molecule has 2 heterocycles. The Kier molecular flexibility index (Phi) is 7.59. The highest BCUT2D eigenvalue weighted by Crippen LogP contribution is 2.34. The molecule has 0 bridgehead atoms. The van der Waals surface area contributed by atoms with Crippen molar-refractivity contribution in [3.8, 4) is 45.3 Å². The van der Waals surface area contributed by atoms with Gasteiger partial charge in [-0.1, -0.05) is 146 Å². The van der Waals surface area contributed by atoms with Crippen LogP contribution in [0.1, 0.15) is 0 Å². The molecule has 0 atom stereocenters. The van der Waals surface area contributed by atoms with Gasteiger partial charge in [0, 0.05) is 40.0 Å². The second kappa shape index (κ2) is 12.3. The number of rotatable bonds is 7. The Morgan fingerprint density at radius 3 is 1.19 bits per heavy atom. The van der Waals surface area contributed by atoms with Crippen LogP contribution >= 0.6 is 7.92 Å². The molecule has 2 aromatic heterocycles. The van der Waals surface area contributed by atoms with Gasteiger partial charge in [0.1, 0.15) is 0 Å². The minimum atomic E-state index is -0.736. The van der Waals surface area contributed by atoms with Crippen LogP contribution in [0.25, 0.3) is 45.3 Å². The van der Waals surface area contributed by atoms with Crippen LogP contribution in [-0.4, -0.2) is 19.9 Å². The quantitative estimate of drug-likeness (QED) is 0.184. The third kappa shape index (κ3) is 5.88. The third-order valence-corrected chi connectivity index (χ3v) is 9.58. The maximum Gasteiger partial charge on any atom is 0.164 e. The van der Waals surface area contributed by atoms with Crippen LogP contribution in [0, 0.1) is 0 Å². The van der Waals surface area contributed by atoms with Crippen molar-refractivity contribution in [1.82, 2.24) is 19.9 Å². The molecule has 4 nitrogen and oxygen atoms in total. The van der Waals surface area contributed by atoms with Gasteiger partial charge in [-0.2, -0.15) is 0 Å². The van der Waals surface area contributed by atoms with Crippen molar-refractivity contribution in [2.75, 3.05) is 0 Å². The molecular weight excluding hydrogens is 543 g/mol. The van der Waals surface area contributed by atoms with Crippen molar-refractivity contribution < 1.29 is 0 Å². The maximum absolute atomic E-state index is 4.87. The molecule has 43 heavy (non-hydrogen) atoms. The molecule has 0 aliphatic carbocycles. The summed E-state index contributed by atoms with van der Waals surface area (Å²) in [6.45, 7) is 0. The van der Waals surface area contributed by atoms with Crippen LogP contribution in [0.4, 0.5) is 0 Å². The van der Waals surface area contributed by atoms with Gasteiger partial charge in [0.2, 0.25) is 0 Å². The first-order valence-electron chi connectivity index (χ1n) is 14.1. The van der Waals surface area contributed by atoms with E-state index in [9.17, 15) is 0 Å². The molecule has 0 N–H and O–H groups in total. The predicted octanol–water partition coefficient (Wildman–Crippen LogP) is 7.69. The van der Waals surface area contributed by atoms with Gasteiger partial charge in [0.25, 0.3) is 0 Å². The Hall–Kier alpha value is -5.31. The Balaban J connectivity index is 1.25. The number of benzene rings is 5. The van der Waals surface area contributed by atoms with E-state index in [1.807, 2.05) is 73.1 Å². The first-order chi connectivity index (χ1) is 21.3. The van der Waals surface area contributed by atoms with Crippen molar-refractivity contribution >= 4 is 23.8 Å². The second-order valence-corrected chi connectivity index (χ2v) is 12.3. The zero-order chi connectivity index (χ0) is 28.8. The van der Waals surface area contributed by atoms with Gasteiger partial charge in [0.05, 0.1) is 0 Å². The first-order valence-corrected chi connectivity index (χ1v) is 15.5. The van der Waals surface area contributed by atoms with Crippen LogP contribution in [0.15, 0.2) is 164 Å². The molecule has 7 aromatic rings. The van der Waals surface area contributed by atoms with E-state index in [1.54, 1.807) is 0 Å². The van der Waals surface area contributed by atoms with Crippen LogP contribution in [0.5, 0.6) is 0 Å². The number of hydrogen-bond acceptors (Lipinski definition) is 4. The van der Waals surface area contributed by atoms with Crippen LogP contribution in [-0.2, 0) is 0 Å². The summed E-state index contributed by atoms with van der Waals surface area (Å²) in [6, 6.07) is 52.2. The van der Waals surface area contributed by atoms with E-state index in [-0.39, 0.29) is 0 Å². The van der Waals surface area contributed by atoms with E-state index in [0.717, 1.165) is 27.8 Å². The summed E-state index contributed by atoms with van der Waals surface area (Å²) < 4.78 is 0. The summed E-state index contributed by atoms with van der Waals surface area (Å²) in [5.74, 6) is 1.95. The van der Waals surface area contributed by atoms with Gasteiger partial charge in [-0.25, -0.2) is 15.0 Å². The Labute approximate surface area is 252 Å². The van der Waals surface area contributed by atoms with Crippen molar-refractivity contribution in [3.05, 3.63) is 164 Å². The van der Waals surface area contributed by atoms with Crippen molar-refractivity contribution in [3.63, 3.8) is 0 Å². The highest BCUT2D eigenvalue weighted by atomic mass is 31.1. The van der Waals surface area contributed by atoms with E-state index in [0.29, 0.717) is 17.5 Å². The summed E-state index contributed by atoms with van der Waals surface area (Å²) >= 11 is 0. The van der Waals surface area contributed by atoms with E-state index in [4.69, 9.17) is 15.0 Å². The highest BCUT2D eigenvalue weighted by molar-refractivity contribution is 7.79. The van der Waals surface area contributed by atoms with Gasteiger partial charge in [0.15, 0.2) is 17.5 Å². The lowest BCUT2D eigenvalue weighted by Gasteiger charge is -2.19. The molecule has 0 saturated carbocycles. The van der Waals surface area contributed by atoms with E-state index < -0.39 is 7.92 Å². The number of aromatic nitrogens is 4. The molecule has 0 aliphatic heterocycles. The summed E-state index contributed by atoms with van der Waals surface area (Å²) in [7, 11) is -0.736. The standard InChI is InChI=1S/C38H27N4P/c1-5-13-29(14-6-1)36-40-37(30-15-7-2-8-16-30)42-38(41-36)31-23-21-28(22-24-31)32-25-35(27-39-26-32)43(33-17-9-3-10-18-33)34-19-11-4-12-20-34/h1-27H. The monoisotopic (exact) mass is 570 g/mol. The largest absolute Gasteiger partial charge is 0.263 e. The SMILES string of the molecule is c1ccc(-c2nc(-c3ccccc3)nc(-c3ccc(-c4cncc(P(c5ccccc5)c5ccccc5)c4)cc3)n2)cc1. The number of pyridine rings is 1. The predicted molar refractivity (Wildman–Crippen MR) is 178 cm³/mol. The van der Waals surface area contributed by atoms with E-state index in [2.05, 4.69) is 96.0 Å². The molecule has 0 spiro atoms. The Morgan fingerprint density at radius 2 is 0.721 bits per heavy atom. The number of nitrogens with zero attached hydrogens (tertiary/aromatic N) is 4. The minimum absolute atomic E-state index is 0.641. The lowest BCUT2D eigenvalue weighted by atomic mass is 10.1. The summed E-state index contributed by atoms with van der Waals surface area (Å²) in [5.41, 5.74) is 5.01. The molecule has 0 unspecified atom stereocenters. The molecule has 204 valence electrons. The summed E-state index contributed by atoms with van der Waals surface area (Å²) in [6.07, 6.45) is 3.94. The molecule has 5 aromatic carbocycles. The second-order valence-electron chi connectivity index (χ2n) is 10.1. The number of hydrogen-bond donors (Lipinski definition) is 0. The first kappa shape index (κ1) is 26.6. The molecule has 0 radical (unpaired) electrons. The Morgan fingerprint density at radius 1 is 0.326 bits per heavy atom. The van der Waals surface area contributed by atoms with Crippen molar-refractivity contribution in [2.45, 2.75) is 0 Å². The van der Waals surface area contributed by atoms with Crippen molar-refractivity contribution in [1.29, 1.82) is 0 Å². The molecule has 0 fully saturated rings. The van der Waals surface area contributed by atoms with Crippen LogP contribution in [0.2, 0.25) is 0 Å². The zero-order valence-electron chi connectivity index (χ0n) is 23.3. The average molecular weight is 571 g/mol. The van der Waals surface area contributed by atoms with Gasteiger partial charge in [-0.15, -0.1) is 0 Å². The van der Waals surface area contributed by atoms with E-state index in [1.165, 1.54) is 15.9 Å². The molecule has 0 amide bonds. The third-order valence-electron chi connectivity index (χ3n) is 7.19. The minimum Gasteiger partial charge on any atom is -0.263 e. The molecule has 5 heteroatoms. The van der Waals surface area contributed by atoms with Gasteiger partial charge >= 0.3 is 0 Å². The fraction of sp³-hybridized carbons (Fsp3) is 0. The Bertz CT molecular complexity index is 1850. The maximum atomic E-state index is 4.87. The zero-order valence-corrected chi connectivity index (χ0v) is 24.2. The average Bonchev–Trinajstić information content (AvgIpc) is 3.10. The van der Waals surface area contributed by atoms with Crippen molar-refractivity contribution in [2.24, 2.45) is 0 Å². The molecule has 0 aliphatic rings. The topological polar surface area (TPSA) is 51.6 Å². The fourth-order valence-corrected chi connectivity index (χ4v) is 7.34. The highest BCUT2D eigenvalue weighted by Gasteiger charge is 2.18. The lowest BCUT2D eigenvalue weighted by molar-refractivity contribution is 1.07. The van der Waals surface area contributed by atoms with Crippen LogP contribution < -0.4 is 15.9 Å². The summed E-state index contributed by atoms with van der Waals surface area (Å²) in [4.78, 5) is 19.2. The normalized spacial score (nSPS) is 11.0. The van der Waals surface area contributed by atoms with Gasteiger partial charge in [-0.05, 0) is 30.2 Å². The molecule has 7 rings (SSSR count). The van der Waals surface area contributed by atoms with E-state index >= 15 is 0 Å². The fourth-order valence-electron chi connectivity index (χ4n) is 5.06. The lowest BCUT2D eigenvalue weighted by Crippen LogP contribution is -2.21. The summed E-state index contributed by atoms with van der Waals surface area (Å²) in [5, 5.41) is 3.82.